The molecule has 2 aromatic rings. The molecule has 5 heteroatoms. The van der Waals surface area contributed by atoms with Gasteiger partial charge in [-0.25, -0.2) is 4.39 Å². The minimum Gasteiger partial charge on any atom is -0.318 e. The molecule has 0 atom stereocenters. The lowest BCUT2D eigenvalue weighted by atomic mass is 9.99. The maximum Gasteiger partial charge on any atom is 0.178 e. The molecule has 1 saturated heterocycles. The molecule has 0 aliphatic carbocycles. The van der Waals surface area contributed by atoms with Crippen molar-refractivity contribution in [2.24, 2.45) is 5.92 Å². The van der Waals surface area contributed by atoms with Crippen LogP contribution in [0.1, 0.15) is 41.5 Å². The minimum atomic E-state index is -0.441. The normalized spacial score (nSPS) is 16.4. The lowest BCUT2D eigenvalue weighted by Gasteiger charge is -2.29. The number of Topliss-reactive ketones (excluding diaryl/α,β-unsaturated/α-hetero) is 1. The fraction of sp³-hybridized carbons (Fsp3) is 0.450. The van der Waals surface area contributed by atoms with E-state index in [1.165, 1.54) is 6.07 Å². The van der Waals surface area contributed by atoms with Crippen LogP contribution in [-0.4, -0.2) is 34.9 Å². The Kier molecular flexibility index (Phi) is 5.30. The molecule has 134 valence electrons. The molecule has 0 unspecified atom stereocenters. The van der Waals surface area contributed by atoms with Crippen molar-refractivity contribution < 1.29 is 9.18 Å². The van der Waals surface area contributed by atoms with Crippen LogP contribution in [0.3, 0.4) is 0 Å². The van der Waals surface area contributed by atoms with Gasteiger partial charge in [0.2, 0.25) is 0 Å². The summed E-state index contributed by atoms with van der Waals surface area (Å²) in [5.74, 6) is 0.449. The molecule has 1 aromatic heterocycles. The van der Waals surface area contributed by atoms with Gasteiger partial charge in [-0.3, -0.25) is 9.69 Å². The highest BCUT2D eigenvalue weighted by molar-refractivity contribution is 6.30. The molecule has 1 aliphatic heterocycles. The van der Waals surface area contributed by atoms with E-state index in [0.717, 1.165) is 54.5 Å². The van der Waals surface area contributed by atoms with Gasteiger partial charge in [-0.15, -0.1) is 0 Å². The number of hydrogen-bond acceptors (Lipinski definition) is 2. The summed E-state index contributed by atoms with van der Waals surface area (Å²) in [6.45, 7) is 8.57. The van der Waals surface area contributed by atoms with E-state index in [4.69, 9.17) is 11.6 Å². The first kappa shape index (κ1) is 18.2. The molecule has 3 rings (SSSR count). The second kappa shape index (κ2) is 7.30. The van der Waals surface area contributed by atoms with E-state index in [2.05, 4.69) is 11.8 Å². The van der Waals surface area contributed by atoms with Gasteiger partial charge in [0.05, 0.1) is 11.6 Å². The molecule has 2 heterocycles. The Morgan fingerprint density at radius 3 is 2.56 bits per heavy atom. The Balaban J connectivity index is 1.83. The summed E-state index contributed by atoms with van der Waals surface area (Å²) in [4.78, 5) is 15.0. The predicted octanol–water partition coefficient (Wildman–Crippen LogP) is 4.80. The van der Waals surface area contributed by atoms with Gasteiger partial charge >= 0.3 is 0 Å². The van der Waals surface area contributed by atoms with E-state index in [-0.39, 0.29) is 10.8 Å². The lowest BCUT2D eigenvalue weighted by Crippen LogP contribution is -2.36. The van der Waals surface area contributed by atoms with E-state index >= 15 is 0 Å². The maximum atomic E-state index is 13.4. The number of carbonyl (C=O) groups is 1. The van der Waals surface area contributed by atoms with E-state index in [1.807, 2.05) is 24.5 Å². The summed E-state index contributed by atoms with van der Waals surface area (Å²) in [5, 5.41) is 0.0836. The number of nitrogens with zero attached hydrogens (tertiary/aromatic N) is 2. The van der Waals surface area contributed by atoms with Gasteiger partial charge in [-0.2, -0.15) is 0 Å². The third-order valence-corrected chi connectivity index (χ3v) is 5.43. The number of likely N-dealkylation sites (tertiary alicyclic amines) is 1. The number of aryl methyl sites for hydroxylation is 1. The van der Waals surface area contributed by atoms with E-state index in [0.29, 0.717) is 6.54 Å². The molecule has 25 heavy (non-hydrogen) atoms. The Labute approximate surface area is 153 Å². The molecule has 0 N–H and O–H groups in total. The van der Waals surface area contributed by atoms with Crippen molar-refractivity contribution in [1.82, 2.24) is 9.47 Å². The first-order valence-electron chi connectivity index (χ1n) is 8.76. The maximum absolute atomic E-state index is 13.4. The first-order chi connectivity index (χ1) is 11.9. The topological polar surface area (TPSA) is 25.2 Å². The van der Waals surface area contributed by atoms with Crippen molar-refractivity contribution in [1.29, 1.82) is 0 Å². The number of halogens is 2. The predicted molar refractivity (Wildman–Crippen MR) is 99.4 cm³/mol. The molecular formula is C20H24ClFN2O. The smallest absolute Gasteiger partial charge is 0.178 e. The van der Waals surface area contributed by atoms with Gasteiger partial charge in [0.25, 0.3) is 0 Å². The van der Waals surface area contributed by atoms with Crippen LogP contribution in [-0.2, 0) is 0 Å². The summed E-state index contributed by atoms with van der Waals surface area (Å²) in [6.07, 6.45) is 2.31. The Bertz CT molecular complexity index is 791. The highest BCUT2D eigenvalue weighted by atomic mass is 35.5. The zero-order valence-corrected chi connectivity index (χ0v) is 15.7. The first-order valence-corrected chi connectivity index (χ1v) is 9.14. The van der Waals surface area contributed by atoms with Crippen molar-refractivity contribution in [3.8, 4) is 5.69 Å². The van der Waals surface area contributed by atoms with Crippen LogP contribution < -0.4 is 0 Å². The van der Waals surface area contributed by atoms with Crippen LogP contribution in [0.25, 0.3) is 5.69 Å². The molecule has 3 nitrogen and oxygen atoms in total. The number of carbonyl (C=O) groups excluding carboxylic acids is 1. The largest absolute Gasteiger partial charge is 0.318 e. The molecule has 0 radical (unpaired) electrons. The number of benzene rings is 1. The molecule has 1 fully saturated rings. The molecule has 1 aliphatic rings. The molecule has 0 saturated carbocycles. The second-order valence-electron chi connectivity index (χ2n) is 7.10. The quantitative estimate of drug-likeness (QED) is 0.730. The Hall–Kier alpha value is -1.65. The Morgan fingerprint density at radius 2 is 1.92 bits per heavy atom. The van der Waals surface area contributed by atoms with E-state index < -0.39 is 5.82 Å². The third-order valence-electron chi connectivity index (χ3n) is 5.14. The van der Waals surface area contributed by atoms with Crippen molar-refractivity contribution in [2.75, 3.05) is 19.6 Å². The zero-order valence-electron chi connectivity index (χ0n) is 15.0. The summed E-state index contributed by atoms with van der Waals surface area (Å²) in [7, 11) is 0. The van der Waals surface area contributed by atoms with Crippen LogP contribution in [0.15, 0.2) is 24.3 Å². The minimum absolute atomic E-state index is 0.0836. The van der Waals surface area contributed by atoms with Gasteiger partial charge < -0.3 is 4.57 Å². The fourth-order valence-electron chi connectivity index (χ4n) is 3.57. The van der Waals surface area contributed by atoms with Crippen molar-refractivity contribution in [2.45, 2.75) is 33.6 Å². The third kappa shape index (κ3) is 3.80. The zero-order chi connectivity index (χ0) is 18.1. The van der Waals surface area contributed by atoms with Crippen molar-refractivity contribution >= 4 is 17.4 Å². The fourth-order valence-corrected chi connectivity index (χ4v) is 3.75. The standard InChI is InChI=1S/C20H24ClFN2O/c1-13-6-8-23(9-7-13)12-20(25)17-10-14(2)24(15(17)3)16-4-5-19(22)18(21)11-16/h4-5,10-11,13H,6-9,12H2,1-3H3. The summed E-state index contributed by atoms with van der Waals surface area (Å²) in [6, 6.07) is 6.55. The number of rotatable bonds is 4. The van der Waals surface area contributed by atoms with Crippen LogP contribution >= 0.6 is 11.6 Å². The number of ketones is 1. The molecule has 0 amide bonds. The average Bonchev–Trinajstić information content (AvgIpc) is 2.87. The van der Waals surface area contributed by atoms with Crippen LogP contribution in [0.4, 0.5) is 4.39 Å². The van der Waals surface area contributed by atoms with E-state index in [1.54, 1.807) is 12.1 Å². The van der Waals surface area contributed by atoms with Gasteiger partial charge in [0.15, 0.2) is 5.78 Å². The van der Waals surface area contributed by atoms with Gasteiger partial charge in [0, 0.05) is 22.6 Å². The van der Waals surface area contributed by atoms with E-state index in [9.17, 15) is 9.18 Å². The van der Waals surface area contributed by atoms with Crippen LogP contribution in [0.5, 0.6) is 0 Å². The van der Waals surface area contributed by atoms with Gasteiger partial charge in [-0.1, -0.05) is 18.5 Å². The van der Waals surface area contributed by atoms with Gasteiger partial charge in [0.1, 0.15) is 5.82 Å². The molecular weight excluding hydrogens is 339 g/mol. The average molecular weight is 363 g/mol. The second-order valence-corrected chi connectivity index (χ2v) is 7.51. The number of aromatic nitrogens is 1. The summed E-state index contributed by atoms with van der Waals surface area (Å²) < 4.78 is 15.4. The molecule has 0 spiro atoms. The molecule has 0 bridgehead atoms. The Morgan fingerprint density at radius 1 is 1.24 bits per heavy atom. The highest BCUT2D eigenvalue weighted by Crippen LogP contribution is 2.25. The van der Waals surface area contributed by atoms with Crippen LogP contribution in [0, 0.1) is 25.6 Å². The summed E-state index contributed by atoms with van der Waals surface area (Å²) in [5.41, 5.74) is 3.31. The number of hydrogen-bond donors (Lipinski definition) is 0. The van der Waals surface area contributed by atoms with Crippen molar-refractivity contribution in [3.05, 3.63) is 52.1 Å². The number of piperidine rings is 1. The monoisotopic (exact) mass is 362 g/mol. The van der Waals surface area contributed by atoms with Crippen molar-refractivity contribution in [3.63, 3.8) is 0 Å². The van der Waals surface area contributed by atoms with Gasteiger partial charge in [-0.05, 0) is 70.0 Å². The SMILES string of the molecule is Cc1cc(C(=O)CN2CCC(C)CC2)c(C)n1-c1ccc(F)c(Cl)c1. The van der Waals surface area contributed by atoms with Crippen LogP contribution in [0.2, 0.25) is 5.02 Å². The molecule has 1 aromatic carbocycles. The summed E-state index contributed by atoms with van der Waals surface area (Å²) >= 11 is 5.92. The highest BCUT2D eigenvalue weighted by Gasteiger charge is 2.22. The lowest BCUT2D eigenvalue weighted by molar-refractivity contribution is 0.0899.